The first kappa shape index (κ1) is 15.7. The van der Waals surface area contributed by atoms with Crippen molar-refractivity contribution in [2.45, 2.75) is 25.5 Å². The molecule has 0 radical (unpaired) electrons. The van der Waals surface area contributed by atoms with Crippen molar-refractivity contribution in [3.63, 3.8) is 0 Å². The van der Waals surface area contributed by atoms with Crippen LogP contribution in [-0.2, 0) is 11.3 Å². The molecule has 1 N–H and O–H groups in total. The second-order valence-electron chi connectivity index (χ2n) is 5.19. The van der Waals surface area contributed by atoms with Gasteiger partial charge in [0.25, 0.3) is 5.56 Å². The lowest BCUT2D eigenvalue weighted by Gasteiger charge is -2.32. The molecule has 1 aliphatic rings. The molecule has 1 saturated heterocycles. The molecule has 6 heteroatoms. The second kappa shape index (κ2) is 7.95. The molecular formula is C15H24N4O2. The highest BCUT2D eigenvalue weighted by molar-refractivity contribution is 5.43. The number of rotatable bonds is 7. The number of nitrogens with zero attached hydrogens (tertiary/aromatic N) is 3. The molecule has 0 aliphatic carbocycles. The van der Waals surface area contributed by atoms with Crippen LogP contribution in [0.25, 0.3) is 0 Å². The van der Waals surface area contributed by atoms with E-state index in [1.165, 1.54) is 4.68 Å². The standard InChI is InChI=1S/C15H24N4O2/c1-3-6-16-7-10-19-15(20)11-13(12-17-19)18-8-4-14(21-2)5-9-18/h3,11-12,14,16H,1,4-10H2,2H3. The van der Waals surface area contributed by atoms with Gasteiger partial charge < -0.3 is 15.0 Å². The maximum Gasteiger partial charge on any atom is 0.268 e. The number of methoxy groups -OCH3 is 1. The molecule has 1 aromatic heterocycles. The lowest BCUT2D eigenvalue weighted by atomic mass is 10.1. The summed E-state index contributed by atoms with van der Waals surface area (Å²) in [6.45, 7) is 7.46. The van der Waals surface area contributed by atoms with Gasteiger partial charge in [-0.25, -0.2) is 4.68 Å². The van der Waals surface area contributed by atoms with Gasteiger partial charge in [0.1, 0.15) is 0 Å². The van der Waals surface area contributed by atoms with Crippen molar-refractivity contribution in [2.24, 2.45) is 0 Å². The summed E-state index contributed by atoms with van der Waals surface area (Å²) in [4.78, 5) is 14.3. The number of ether oxygens (including phenoxy) is 1. The van der Waals surface area contributed by atoms with Crippen LogP contribution in [0, 0.1) is 0 Å². The van der Waals surface area contributed by atoms with Crippen molar-refractivity contribution >= 4 is 5.69 Å². The molecule has 2 rings (SSSR count). The molecule has 0 spiro atoms. The quantitative estimate of drug-likeness (QED) is 0.590. The van der Waals surface area contributed by atoms with Gasteiger partial charge in [-0.3, -0.25) is 4.79 Å². The van der Waals surface area contributed by atoms with Crippen LogP contribution in [-0.4, -0.2) is 49.2 Å². The van der Waals surface area contributed by atoms with E-state index in [9.17, 15) is 4.79 Å². The summed E-state index contributed by atoms with van der Waals surface area (Å²) in [6.07, 6.45) is 5.90. The van der Waals surface area contributed by atoms with Crippen molar-refractivity contribution in [3.8, 4) is 0 Å². The predicted octanol–water partition coefficient (Wildman–Crippen LogP) is 0.634. The third-order valence-electron chi connectivity index (χ3n) is 3.78. The zero-order valence-electron chi connectivity index (χ0n) is 12.6. The molecule has 6 nitrogen and oxygen atoms in total. The van der Waals surface area contributed by atoms with Crippen LogP contribution >= 0.6 is 0 Å². The third-order valence-corrected chi connectivity index (χ3v) is 3.78. The van der Waals surface area contributed by atoms with E-state index in [-0.39, 0.29) is 5.56 Å². The van der Waals surface area contributed by atoms with E-state index in [1.807, 2.05) is 0 Å². The Hall–Kier alpha value is -1.66. The molecule has 0 amide bonds. The van der Waals surface area contributed by atoms with Gasteiger partial charge in [0.15, 0.2) is 0 Å². The summed E-state index contributed by atoms with van der Waals surface area (Å²) in [5, 5.41) is 7.41. The van der Waals surface area contributed by atoms with Crippen molar-refractivity contribution < 1.29 is 4.74 Å². The van der Waals surface area contributed by atoms with Crippen molar-refractivity contribution in [2.75, 3.05) is 38.2 Å². The average Bonchev–Trinajstić information content (AvgIpc) is 2.53. The lowest BCUT2D eigenvalue weighted by Crippen LogP contribution is -2.38. The van der Waals surface area contributed by atoms with Crippen LogP contribution in [0.4, 0.5) is 5.69 Å². The van der Waals surface area contributed by atoms with E-state index >= 15 is 0 Å². The maximum absolute atomic E-state index is 12.1. The fraction of sp³-hybridized carbons (Fsp3) is 0.600. The van der Waals surface area contributed by atoms with E-state index in [4.69, 9.17) is 4.74 Å². The first-order chi connectivity index (χ1) is 10.2. The highest BCUT2D eigenvalue weighted by atomic mass is 16.5. The Morgan fingerprint density at radius 2 is 2.29 bits per heavy atom. The molecule has 1 aromatic rings. The first-order valence-electron chi connectivity index (χ1n) is 7.41. The van der Waals surface area contributed by atoms with E-state index in [2.05, 4.69) is 21.9 Å². The predicted molar refractivity (Wildman–Crippen MR) is 83.8 cm³/mol. The molecule has 2 heterocycles. The van der Waals surface area contributed by atoms with Crippen LogP contribution in [0.15, 0.2) is 29.7 Å². The van der Waals surface area contributed by atoms with Gasteiger partial charge in [-0.05, 0) is 12.8 Å². The van der Waals surface area contributed by atoms with Gasteiger partial charge in [-0.1, -0.05) is 6.08 Å². The Bertz CT molecular complexity index is 507. The Balaban J connectivity index is 1.92. The monoisotopic (exact) mass is 292 g/mol. The molecule has 0 aromatic carbocycles. The fourth-order valence-corrected chi connectivity index (χ4v) is 2.50. The Morgan fingerprint density at radius 1 is 1.52 bits per heavy atom. The van der Waals surface area contributed by atoms with E-state index in [0.717, 1.165) is 38.2 Å². The number of aromatic nitrogens is 2. The fourth-order valence-electron chi connectivity index (χ4n) is 2.50. The number of nitrogens with one attached hydrogen (secondary N) is 1. The van der Waals surface area contributed by atoms with Crippen LogP contribution < -0.4 is 15.8 Å². The summed E-state index contributed by atoms with van der Waals surface area (Å²) in [7, 11) is 1.75. The van der Waals surface area contributed by atoms with Crippen LogP contribution in [0.1, 0.15) is 12.8 Å². The van der Waals surface area contributed by atoms with Crippen molar-refractivity contribution in [3.05, 3.63) is 35.3 Å². The van der Waals surface area contributed by atoms with Gasteiger partial charge in [0.2, 0.25) is 0 Å². The summed E-state index contributed by atoms with van der Waals surface area (Å²) < 4.78 is 6.85. The van der Waals surface area contributed by atoms with Gasteiger partial charge in [0.05, 0.1) is 24.5 Å². The molecule has 0 saturated carbocycles. The van der Waals surface area contributed by atoms with Crippen LogP contribution in [0.5, 0.6) is 0 Å². The molecule has 1 aliphatic heterocycles. The lowest BCUT2D eigenvalue weighted by molar-refractivity contribution is 0.0819. The van der Waals surface area contributed by atoms with E-state index in [1.54, 1.807) is 25.4 Å². The van der Waals surface area contributed by atoms with Gasteiger partial charge in [0, 0.05) is 39.4 Å². The minimum absolute atomic E-state index is 0.0539. The number of hydrogen-bond acceptors (Lipinski definition) is 5. The Labute approximate surface area is 125 Å². The van der Waals surface area contributed by atoms with E-state index < -0.39 is 0 Å². The van der Waals surface area contributed by atoms with Crippen molar-refractivity contribution in [1.82, 2.24) is 15.1 Å². The highest BCUT2D eigenvalue weighted by Crippen LogP contribution is 2.18. The highest BCUT2D eigenvalue weighted by Gasteiger charge is 2.19. The number of hydrogen-bond donors (Lipinski definition) is 1. The number of piperidine rings is 1. The largest absolute Gasteiger partial charge is 0.381 e. The summed E-state index contributed by atoms with van der Waals surface area (Å²) in [5.41, 5.74) is 0.853. The second-order valence-corrected chi connectivity index (χ2v) is 5.19. The molecule has 21 heavy (non-hydrogen) atoms. The van der Waals surface area contributed by atoms with Gasteiger partial charge in [-0.15, -0.1) is 6.58 Å². The molecule has 0 unspecified atom stereocenters. The van der Waals surface area contributed by atoms with E-state index in [0.29, 0.717) is 19.2 Å². The molecule has 1 fully saturated rings. The van der Waals surface area contributed by atoms with Gasteiger partial charge >= 0.3 is 0 Å². The van der Waals surface area contributed by atoms with Gasteiger partial charge in [-0.2, -0.15) is 5.10 Å². The normalized spacial score (nSPS) is 16.1. The summed E-state index contributed by atoms with van der Waals surface area (Å²) >= 11 is 0. The summed E-state index contributed by atoms with van der Waals surface area (Å²) in [5.74, 6) is 0. The summed E-state index contributed by atoms with van der Waals surface area (Å²) in [6, 6.07) is 1.67. The Morgan fingerprint density at radius 3 is 2.90 bits per heavy atom. The molecule has 116 valence electrons. The molecule has 0 bridgehead atoms. The third kappa shape index (κ3) is 4.41. The van der Waals surface area contributed by atoms with Crippen molar-refractivity contribution in [1.29, 1.82) is 0 Å². The minimum atomic E-state index is -0.0539. The SMILES string of the molecule is C=CCNCCn1ncc(N2CCC(OC)CC2)cc1=O. The van der Waals surface area contributed by atoms with Crippen LogP contribution in [0.3, 0.4) is 0 Å². The minimum Gasteiger partial charge on any atom is -0.381 e. The Kier molecular flexibility index (Phi) is 5.95. The average molecular weight is 292 g/mol. The zero-order chi connectivity index (χ0) is 15.1. The molecule has 0 atom stereocenters. The topological polar surface area (TPSA) is 59.4 Å². The zero-order valence-corrected chi connectivity index (χ0v) is 12.6. The van der Waals surface area contributed by atoms with Crippen LogP contribution in [0.2, 0.25) is 0 Å². The maximum atomic E-state index is 12.1. The molecular weight excluding hydrogens is 268 g/mol. The smallest absolute Gasteiger partial charge is 0.268 e. The first-order valence-corrected chi connectivity index (χ1v) is 7.41. The number of anilines is 1.